The molecule has 0 saturated carbocycles. The number of ether oxygens (including phenoxy) is 2. The zero-order valence-electron chi connectivity index (χ0n) is 14.6. The minimum absolute atomic E-state index is 0.160. The Hall–Kier alpha value is -2.57. The number of benzene rings is 1. The molecule has 4 atom stereocenters. The van der Waals surface area contributed by atoms with Crippen molar-refractivity contribution in [3.05, 3.63) is 45.1 Å². The van der Waals surface area contributed by atoms with E-state index < -0.39 is 42.4 Å². The number of aliphatic hydroxyl groups is 3. The van der Waals surface area contributed by atoms with E-state index in [0.717, 1.165) is 16.1 Å². The zero-order chi connectivity index (χ0) is 20.0. The molecule has 0 unspecified atom stereocenters. The van der Waals surface area contributed by atoms with Crippen LogP contribution in [0.4, 0.5) is 0 Å². The molecule has 1 fully saturated rings. The number of hydrogen-bond donors (Lipinski definition) is 4. The van der Waals surface area contributed by atoms with Crippen LogP contribution in [0.5, 0.6) is 5.75 Å². The minimum Gasteiger partial charge on any atom is -0.497 e. The highest BCUT2D eigenvalue weighted by atomic mass is 32.1. The molecule has 1 saturated heterocycles. The maximum absolute atomic E-state index is 12.5. The fraction of sp³-hybridized carbons (Fsp3) is 0.353. The van der Waals surface area contributed by atoms with Gasteiger partial charge in [-0.25, -0.2) is 4.79 Å². The van der Waals surface area contributed by atoms with Crippen molar-refractivity contribution in [2.45, 2.75) is 24.5 Å². The molecule has 0 aliphatic carbocycles. The second-order valence-corrected chi connectivity index (χ2v) is 7.05. The number of nitrogens with one attached hydrogen (secondary N) is 1. The number of H-pyrrole nitrogens is 1. The van der Waals surface area contributed by atoms with E-state index in [2.05, 4.69) is 9.36 Å². The molecule has 1 aliphatic heterocycles. The number of aliphatic hydroxyl groups excluding tert-OH is 3. The van der Waals surface area contributed by atoms with Crippen LogP contribution < -0.4 is 16.0 Å². The Bertz CT molecular complexity index is 1120. The van der Waals surface area contributed by atoms with Crippen molar-refractivity contribution in [2.24, 2.45) is 0 Å². The number of fused-ring (bicyclic) bond motifs is 1. The highest BCUT2D eigenvalue weighted by Gasteiger charge is 2.44. The second-order valence-electron chi connectivity index (χ2n) is 6.30. The summed E-state index contributed by atoms with van der Waals surface area (Å²) in [5, 5.41) is 29.7. The van der Waals surface area contributed by atoms with Gasteiger partial charge in [-0.15, -0.1) is 0 Å². The van der Waals surface area contributed by atoms with Crippen LogP contribution in [-0.2, 0) is 4.74 Å². The third-order valence-electron chi connectivity index (χ3n) is 4.69. The molecule has 10 nitrogen and oxygen atoms in total. The van der Waals surface area contributed by atoms with Crippen LogP contribution in [0.1, 0.15) is 6.23 Å². The van der Waals surface area contributed by atoms with Gasteiger partial charge in [-0.05, 0) is 35.8 Å². The van der Waals surface area contributed by atoms with Crippen LogP contribution in [-0.4, -0.2) is 61.3 Å². The van der Waals surface area contributed by atoms with Crippen LogP contribution in [0.15, 0.2) is 33.9 Å². The summed E-state index contributed by atoms with van der Waals surface area (Å²) in [4.78, 5) is 27.3. The van der Waals surface area contributed by atoms with Crippen LogP contribution in [0.2, 0.25) is 0 Å². The van der Waals surface area contributed by atoms with Gasteiger partial charge in [-0.1, -0.05) is 0 Å². The van der Waals surface area contributed by atoms with Gasteiger partial charge in [0.05, 0.1) is 19.4 Å². The average Bonchev–Trinajstić information content (AvgIpc) is 3.25. The number of hydrogen-bond acceptors (Lipinski definition) is 9. The van der Waals surface area contributed by atoms with Crippen molar-refractivity contribution >= 4 is 21.7 Å². The van der Waals surface area contributed by atoms with E-state index in [9.17, 15) is 24.9 Å². The van der Waals surface area contributed by atoms with Gasteiger partial charge in [0.15, 0.2) is 6.23 Å². The lowest BCUT2D eigenvalue weighted by atomic mass is 10.1. The maximum Gasteiger partial charge on any atom is 0.331 e. The summed E-state index contributed by atoms with van der Waals surface area (Å²) >= 11 is 0.899. The molecule has 0 bridgehead atoms. The Balaban J connectivity index is 1.89. The third-order valence-corrected chi connectivity index (χ3v) is 5.54. The first-order chi connectivity index (χ1) is 13.5. The first kappa shape index (κ1) is 18.8. The first-order valence-electron chi connectivity index (χ1n) is 8.37. The van der Waals surface area contributed by atoms with Gasteiger partial charge in [-0.3, -0.25) is 14.3 Å². The topological polar surface area (TPSA) is 147 Å². The molecule has 0 radical (unpaired) electrons. The average molecular weight is 407 g/mol. The summed E-state index contributed by atoms with van der Waals surface area (Å²) in [7, 11) is 1.54. The van der Waals surface area contributed by atoms with Gasteiger partial charge in [0.1, 0.15) is 34.3 Å². The van der Waals surface area contributed by atoms with E-state index in [4.69, 9.17) is 9.47 Å². The minimum atomic E-state index is -1.46. The molecule has 3 heterocycles. The molecule has 4 N–H and O–H groups in total. The van der Waals surface area contributed by atoms with E-state index >= 15 is 0 Å². The predicted octanol–water partition coefficient (Wildman–Crippen LogP) is -0.567. The fourth-order valence-electron chi connectivity index (χ4n) is 3.23. The molecule has 0 spiro atoms. The maximum atomic E-state index is 12.5. The summed E-state index contributed by atoms with van der Waals surface area (Å²) < 4.78 is 15.9. The van der Waals surface area contributed by atoms with Crippen LogP contribution in [0, 0.1) is 0 Å². The van der Waals surface area contributed by atoms with E-state index in [1.165, 1.54) is 7.11 Å². The summed E-state index contributed by atoms with van der Waals surface area (Å²) in [5.41, 5.74) is -0.423. The smallest absolute Gasteiger partial charge is 0.331 e. The number of aromatic amines is 1. The van der Waals surface area contributed by atoms with Gasteiger partial charge in [0.25, 0.3) is 5.56 Å². The molecule has 3 aromatic rings. The van der Waals surface area contributed by atoms with Gasteiger partial charge >= 0.3 is 5.69 Å². The third kappa shape index (κ3) is 2.84. The quantitative estimate of drug-likeness (QED) is 0.450. The molecule has 11 heteroatoms. The van der Waals surface area contributed by atoms with E-state index in [1.54, 1.807) is 24.3 Å². The van der Waals surface area contributed by atoms with Gasteiger partial charge in [0.2, 0.25) is 0 Å². The summed E-state index contributed by atoms with van der Waals surface area (Å²) in [6.45, 7) is -0.532. The van der Waals surface area contributed by atoms with E-state index in [1.807, 2.05) is 0 Å². The van der Waals surface area contributed by atoms with Gasteiger partial charge in [-0.2, -0.15) is 4.37 Å². The van der Waals surface area contributed by atoms with Crippen LogP contribution in [0.3, 0.4) is 0 Å². The molecule has 4 rings (SSSR count). The van der Waals surface area contributed by atoms with Crippen molar-refractivity contribution in [1.29, 1.82) is 0 Å². The Labute approximate surface area is 161 Å². The Morgan fingerprint density at radius 2 is 1.96 bits per heavy atom. The molecule has 0 amide bonds. The normalized spacial score (nSPS) is 24.7. The number of methoxy groups -OCH3 is 1. The van der Waals surface area contributed by atoms with Gasteiger partial charge < -0.3 is 24.8 Å². The monoisotopic (exact) mass is 407 g/mol. The van der Waals surface area contributed by atoms with Crippen LogP contribution in [0.25, 0.3) is 21.5 Å². The Morgan fingerprint density at radius 1 is 1.25 bits per heavy atom. The molecular weight excluding hydrogens is 390 g/mol. The van der Waals surface area contributed by atoms with Crippen LogP contribution >= 0.6 is 11.5 Å². The van der Waals surface area contributed by atoms with Crippen molar-refractivity contribution in [3.8, 4) is 17.0 Å². The number of aromatic nitrogens is 3. The number of rotatable bonds is 4. The summed E-state index contributed by atoms with van der Waals surface area (Å²) in [5.74, 6) is 0.639. The van der Waals surface area contributed by atoms with Crippen molar-refractivity contribution < 1.29 is 24.8 Å². The summed E-state index contributed by atoms with van der Waals surface area (Å²) in [6, 6.07) is 6.90. The second kappa shape index (κ2) is 7.11. The van der Waals surface area contributed by atoms with Crippen molar-refractivity contribution in [3.63, 3.8) is 0 Å². The van der Waals surface area contributed by atoms with E-state index in [0.29, 0.717) is 17.0 Å². The molecule has 28 heavy (non-hydrogen) atoms. The van der Waals surface area contributed by atoms with Gasteiger partial charge in [0, 0.05) is 5.56 Å². The van der Waals surface area contributed by atoms with Crippen molar-refractivity contribution in [2.75, 3.05) is 13.7 Å². The standard InChI is InChI=1S/C17H17N3O7S/c1-26-8-4-2-7(3-5-8)11-10-14(24)18-17(25)20(16(10)28-19-11)15-13(23)12(22)9(6-21)27-15/h2-5,9,12-13,15,21-23H,6H2,1H3,(H,18,24,25)/t9-,12-,13-,15-/m1/s1. The SMILES string of the molecule is COc1ccc(-c2nsc3c2c(=O)[nH]c(=O)n3[C@@H]2O[C@H](CO)[C@@H](O)[C@H]2O)cc1. The lowest BCUT2D eigenvalue weighted by molar-refractivity contribution is -0.0525. The molecule has 2 aromatic heterocycles. The Kier molecular flexibility index (Phi) is 4.77. The molecule has 148 valence electrons. The van der Waals surface area contributed by atoms with E-state index in [-0.39, 0.29) is 10.2 Å². The highest BCUT2D eigenvalue weighted by molar-refractivity contribution is 7.13. The summed E-state index contributed by atoms with van der Waals surface area (Å²) in [6.07, 6.45) is -5.17. The number of nitrogens with zero attached hydrogens (tertiary/aromatic N) is 2. The predicted molar refractivity (Wildman–Crippen MR) is 99.5 cm³/mol. The fourth-order valence-corrected chi connectivity index (χ4v) is 4.16. The lowest BCUT2D eigenvalue weighted by Gasteiger charge is -2.17. The molecular formula is C17H17N3O7S. The highest BCUT2D eigenvalue weighted by Crippen LogP contribution is 2.34. The Morgan fingerprint density at radius 3 is 2.57 bits per heavy atom. The lowest BCUT2D eigenvalue weighted by Crippen LogP contribution is -2.38. The first-order valence-corrected chi connectivity index (χ1v) is 9.14. The molecule has 1 aliphatic rings. The zero-order valence-corrected chi connectivity index (χ0v) is 15.4. The largest absolute Gasteiger partial charge is 0.497 e. The van der Waals surface area contributed by atoms with Crippen molar-refractivity contribution in [1.82, 2.24) is 13.9 Å². The molecule has 1 aromatic carbocycles.